The minimum Gasteiger partial charge on any atom is -0.496 e. The lowest BCUT2D eigenvalue weighted by Crippen LogP contribution is -2.30. The van der Waals surface area contributed by atoms with Crippen molar-refractivity contribution in [3.05, 3.63) is 41.5 Å². The van der Waals surface area contributed by atoms with E-state index in [1.165, 1.54) is 13.2 Å². The fourth-order valence-corrected chi connectivity index (χ4v) is 2.39. The van der Waals surface area contributed by atoms with Crippen molar-refractivity contribution in [3.63, 3.8) is 0 Å². The van der Waals surface area contributed by atoms with Crippen LogP contribution in [0.2, 0.25) is 0 Å². The third-order valence-corrected chi connectivity index (χ3v) is 3.60. The Balaban J connectivity index is 1.98. The molecular weight excluding hydrogens is 270 g/mol. The number of carbonyl (C=O) groups is 2. The highest BCUT2D eigenvalue weighted by Crippen LogP contribution is 2.21. The summed E-state index contributed by atoms with van der Waals surface area (Å²) >= 11 is 0. The molecule has 0 spiro atoms. The summed E-state index contributed by atoms with van der Waals surface area (Å²) in [6, 6.07) is 4.82. The first-order valence-electron chi connectivity index (χ1n) is 6.94. The molecule has 0 saturated heterocycles. The Hall–Kier alpha value is -2.30. The Labute approximate surface area is 123 Å². The van der Waals surface area contributed by atoms with E-state index >= 15 is 0 Å². The van der Waals surface area contributed by atoms with Crippen LogP contribution in [-0.4, -0.2) is 24.1 Å². The fourth-order valence-electron chi connectivity index (χ4n) is 2.39. The molecule has 0 aliphatic heterocycles. The van der Waals surface area contributed by atoms with Crippen LogP contribution in [-0.2, 0) is 11.3 Å². The molecule has 0 aromatic heterocycles. The van der Waals surface area contributed by atoms with Gasteiger partial charge in [0.25, 0.3) is 0 Å². The molecule has 21 heavy (non-hydrogen) atoms. The van der Waals surface area contributed by atoms with Crippen LogP contribution in [0.15, 0.2) is 30.4 Å². The zero-order valence-corrected chi connectivity index (χ0v) is 12.0. The number of allylic oxidation sites excluding steroid dienone is 2. The minimum atomic E-state index is -1.03. The third kappa shape index (κ3) is 3.84. The number of aromatic carboxylic acids is 1. The molecule has 1 aromatic rings. The molecule has 1 atom stereocenters. The van der Waals surface area contributed by atoms with Gasteiger partial charge in [-0.1, -0.05) is 18.2 Å². The molecule has 5 heteroatoms. The van der Waals surface area contributed by atoms with E-state index in [0.29, 0.717) is 12.3 Å². The number of benzene rings is 1. The zero-order valence-electron chi connectivity index (χ0n) is 12.0. The topological polar surface area (TPSA) is 75.6 Å². The van der Waals surface area contributed by atoms with Crippen LogP contribution in [0.5, 0.6) is 5.75 Å². The van der Waals surface area contributed by atoms with Crippen LogP contribution in [0.3, 0.4) is 0 Å². The van der Waals surface area contributed by atoms with Crippen LogP contribution >= 0.6 is 0 Å². The standard InChI is InChI=1S/C16H19NO4/c1-21-14-9-11(7-8-13(14)16(19)20)10-17-15(18)12-5-3-2-4-6-12/h2-3,7-9,12H,4-6,10H2,1H3,(H,17,18)(H,19,20)/t12-/m0/s1. The van der Waals surface area contributed by atoms with Crippen molar-refractivity contribution in [2.24, 2.45) is 5.92 Å². The van der Waals surface area contributed by atoms with Gasteiger partial charge in [-0.3, -0.25) is 4.79 Å². The van der Waals surface area contributed by atoms with Gasteiger partial charge in [-0.25, -0.2) is 4.79 Å². The summed E-state index contributed by atoms with van der Waals surface area (Å²) in [5, 5.41) is 11.9. The molecule has 0 radical (unpaired) electrons. The van der Waals surface area contributed by atoms with Crippen molar-refractivity contribution < 1.29 is 19.4 Å². The van der Waals surface area contributed by atoms with Crippen LogP contribution < -0.4 is 10.1 Å². The Bertz CT molecular complexity index is 565. The largest absolute Gasteiger partial charge is 0.496 e. The average molecular weight is 289 g/mol. The lowest BCUT2D eigenvalue weighted by molar-refractivity contribution is -0.125. The summed E-state index contributed by atoms with van der Waals surface area (Å²) in [4.78, 5) is 23.0. The number of nitrogens with one attached hydrogen (secondary N) is 1. The average Bonchev–Trinajstić information content (AvgIpc) is 2.52. The second-order valence-corrected chi connectivity index (χ2v) is 5.04. The summed E-state index contributed by atoms with van der Waals surface area (Å²) in [6.45, 7) is 0.370. The molecule has 1 amide bonds. The predicted molar refractivity (Wildman–Crippen MR) is 78.3 cm³/mol. The number of rotatable bonds is 5. The lowest BCUT2D eigenvalue weighted by atomic mass is 9.93. The van der Waals surface area contributed by atoms with Gasteiger partial charge >= 0.3 is 5.97 Å². The molecule has 0 saturated carbocycles. The minimum absolute atomic E-state index is 0.0372. The molecule has 0 heterocycles. The summed E-state index contributed by atoms with van der Waals surface area (Å²) in [5.74, 6) is -0.651. The summed E-state index contributed by atoms with van der Waals surface area (Å²) in [5.41, 5.74) is 0.932. The van der Waals surface area contributed by atoms with E-state index in [-0.39, 0.29) is 17.4 Å². The van der Waals surface area contributed by atoms with Gasteiger partial charge in [0, 0.05) is 12.5 Å². The lowest BCUT2D eigenvalue weighted by Gasteiger charge is -2.17. The van der Waals surface area contributed by atoms with Crippen LogP contribution in [0.25, 0.3) is 0 Å². The van der Waals surface area contributed by atoms with Crippen LogP contribution in [0.4, 0.5) is 0 Å². The number of carboxylic acid groups (broad SMARTS) is 1. The molecule has 1 aliphatic rings. The van der Waals surface area contributed by atoms with Crippen molar-refractivity contribution in [3.8, 4) is 5.75 Å². The van der Waals surface area contributed by atoms with Crippen LogP contribution in [0.1, 0.15) is 35.2 Å². The smallest absolute Gasteiger partial charge is 0.339 e. The SMILES string of the molecule is COc1cc(CNC(=O)[C@H]2CC=CCC2)ccc1C(=O)O. The normalized spacial score (nSPS) is 17.3. The number of carbonyl (C=O) groups excluding carboxylic acids is 1. The van der Waals surface area contributed by atoms with Crippen molar-refractivity contribution in [2.75, 3.05) is 7.11 Å². The van der Waals surface area contributed by atoms with Crippen molar-refractivity contribution in [2.45, 2.75) is 25.8 Å². The van der Waals surface area contributed by atoms with Crippen molar-refractivity contribution in [1.82, 2.24) is 5.32 Å². The fraction of sp³-hybridized carbons (Fsp3) is 0.375. The van der Waals surface area contributed by atoms with Crippen LogP contribution in [0, 0.1) is 5.92 Å². The molecule has 0 fully saturated rings. The van der Waals surface area contributed by atoms with Crippen molar-refractivity contribution in [1.29, 1.82) is 0 Å². The molecule has 2 N–H and O–H groups in total. The first-order chi connectivity index (χ1) is 10.1. The van der Waals surface area contributed by atoms with Gasteiger partial charge in [-0.2, -0.15) is 0 Å². The van der Waals surface area contributed by atoms with Gasteiger partial charge in [-0.15, -0.1) is 0 Å². The quantitative estimate of drug-likeness (QED) is 0.816. The first kappa shape index (κ1) is 15.1. The van der Waals surface area contributed by atoms with Gasteiger partial charge < -0.3 is 15.2 Å². The number of ether oxygens (including phenoxy) is 1. The Morgan fingerprint density at radius 2 is 2.19 bits per heavy atom. The Morgan fingerprint density at radius 1 is 1.38 bits per heavy atom. The highest BCUT2D eigenvalue weighted by Gasteiger charge is 2.18. The monoisotopic (exact) mass is 289 g/mol. The molecule has 0 unspecified atom stereocenters. The molecular formula is C16H19NO4. The van der Waals surface area contributed by atoms with Crippen molar-refractivity contribution >= 4 is 11.9 Å². The molecule has 2 rings (SSSR count). The van der Waals surface area contributed by atoms with E-state index in [1.54, 1.807) is 12.1 Å². The zero-order chi connectivity index (χ0) is 15.2. The van der Waals surface area contributed by atoms with E-state index in [2.05, 4.69) is 11.4 Å². The summed E-state index contributed by atoms with van der Waals surface area (Å²) < 4.78 is 5.07. The third-order valence-electron chi connectivity index (χ3n) is 3.60. The molecule has 5 nitrogen and oxygen atoms in total. The number of amides is 1. The van der Waals surface area contributed by atoms with Gasteiger partial charge in [0.05, 0.1) is 7.11 Å². The summed E-state index contributed by atoms with van der Waals surface area (Å²) in [6.07, 6.45) is 6.74. The second kappa shape index (κ2) is 6.92. The van der Waals surface area contributed by atoms with Gasteiger partial charge in [0.2, 0.25) is 5.91 Å². The van der Waals surface area contributed by atoms with E-state index in [4.69, 9.17) is 9.84 Å². The maximum Gasteiger partial charge on any atom is 0.339 e. The van der Waals surface area contributed by atoms with Gasteiger partial charge in [0.1, 0.15) is 11.3 Å². The highest BCUT2D eigenvalue weighted by atomic mass is 16.5. The number of hydrogen-bond donors (Lipinski definition) is 2. The van der Waals surface area contributed by atoms with Gasteiger partial charge in [0.15, 0.2) is 0 Å². The second-order valence-electron chi connectivity index (χ2n) is 5.04. The van der Waals surface area contributed by atoms with E-state index in [9.17, 15) is 9.59 Å². The Morgan fingerprint density at radius 3 is 2.81 bits per heavy atom. The maximum atomic E-state index is 12.0. The van der Waals surface area contributed by atoms with E-state index in [0.717, 1.165) is 24.8 Å². The first-order valence-corrected chi connectivity index (χ1v) is 6.94. The van der Waals surface area contributed by atoms with Gasteiger partial charge in [-0.05, 0) is 37.0 Å². The predicted octanol–water partition coefficient (Wildman–Crippen LogP) is 2.37. The number of carboxylic acids is 1. The summed E-state index contributed by atoms with van der Waals surface area (Å²) in [7, 11) is 1.43. The number of methoxy groups -OCH3 is 1. The molecule has 1 aromatic carbocycles. The molecule has 112 valence electrons. The highest BCUT2D eigenvalue weighted by molar-refractivity contribution is 5.91. The molecule has 1 aliphatic carbocycles. The van der Waals surface area contributed by atoms with E-state index < -0.39 is 5.97 Å². The Kier molecular flexibility index (Phi) is 4.98. The van der Waals surface area contributed by atoms with E-state index in [1.807, 2.05) is 6.08 Å². The number of hydrogen-bond acceptors (Lipinski definition) is 3. The maximum absolute atomic E-state index is 12.0. The molecule has 0 bridgehead atoms.